The number of carbonyl (C=O) groups excluding carboxylic acids is 1. The summed E-state index contributed by atoms with van der Waals surface area (Å²) in [6.45, 7) is 6.36. The van der Waals surface area contributed by atoms with Crippen molar-refractivity contribution in [1.29, 1.82) is 5.26 Å². The number of amides is 1. The molecule has 1 saturated heterocycles. The Kier molecular flexibility index (Phi) is 5.46. The monoisotopic (exact) mass is 471 g/mol. The Morgan fingerprint density at radius 2 is 1.94 bits per heavy atom. The number of hydrogen-bond acceptors (Lipinski definition) is 3. The van der Waals surface area contributed by atoms with Gasteiger partial charge in [-0.2, -0.15) is 5.26 Å². The summed E-state index contributed by atoms with van der Waals surface area (Å²) < 4.78 is 0. The first-order valence-electron chi connectivity index (χ1n) is 14.0. The number of nitrogens with zero attached hydrogens (tertiary/aromatic N) is 3. The van der Waals surface area contributed by atoms with Crippen molar-refractivity contribution in [2.75, 3.05) is 20.6 Å². The third-order valence-corrected chi connectivity index (χ3v) is 11.8. The van der Waals surface area contributed by atoms with Crippen LogP contribution in [0.2, 0.25) is 0 Å². The highest BCUT2D eigenvalue weighted by Gasteiger charge is 2.64. The smallest absolute Gasteiger partial charge is 0.253 e. The van der Waals surface area contributed by atoms with Crippen molar-refractivity contribution in [3.05, 3.63) is 47.0 Å². The normalized spacial score (nSPS) is 42.2. The molecule has 186 valence electrons. The number of carbonyl (C=O) groups is 1. The van der Waals surface area contributed by atoms with Crippen LogP contribution in [0.1, 0.15) is 81.1 Å². The van der Waals surface area contributed by atoms with Crippen LogP contribution in [0.15, 0.2) is 35.9 Å². The zero-order valence-corrected chi connectivity index (χ0v) is 22.0. The van der Waals surface area contributed by atoms with Crippen molar-refractivity contribution in [1.82, 2.24) is 9.80 Å². The Morgan fingerprint density at radius 3 is 2.74 bits per heavy atom. The van der Waals surface area contributed by atoms with Gasteiger partial charge < -0.3 is 9.80 Å². The van der Waals surface area contributed by atoms with E-state index in [4.69, 9.17) is 0 Å². The van der Waals surface area contributed by atoms with Crippen molar-refractivity contribution < 1.29 is 4.79 Å². The molecule has 0 radical (unpaired) electrons. The molecule has 1 aromatic rings. The number of allylic oxidation sites excluding steroid dienone is 1. The topological polar surface area (TPSA) is 47.3 Å². The van der Waals surface area contributed by atoms with Gasteiger partial charge in [0.2, 0.25) is 0 Å². The average molecular weight is 472 g/mol. The molecule has 1 aromatic carbocycles. The van der Waals surface area contributed by atoms with E-state index in [1.807, 2.05) is 24.1 Å². The van der Waals surface area contributed by atoms with Crippen LogP contribution in [-0.4, -0.2) is 48.4 Å². The van der Waals surface area contributed by atoms with E-state index < -0.39 is 0 Å². The fraction of sp³-hybridized carbons (Fsp3) is 0.677. The molecule has 6 rings (SSSR count). The van der Waals surface area contributed by atoms with Crippen LogP contribution in [-0.2, 0) is 0 Å². The highest BCUT2D eigenvalue weighted by atomic mass is 16.2. The summed E-state index contributed by atoms with van der Waals surface area (Å²) >= 11 is 0. The van der Waals surface area contributed by atoms with Crippen LogP contribution in [0.3, 0.4) is 0 Å². The van der Waals surface area contributed by atoms with Crippen LogP contribution in [0.5, 0.6) is 0 Å². The van der Waals surface area contributed by atoms with E-state index in [1.165, 1.54) is 45.1 Å². The minimum Gasteiger partial charge on any atom is -0.338 e. The molecule has 0 bridgehead atoms. The molecule has 4 fully saturated rings. The number of likely N-dealkylation sites (tertiary alicyclic amines) is 1. The van der Waals surface area contributed by atoms with Crippen LogP contribution < -0.4 is 0 Å². The fourth-order valence-corrected chi connectivity index (χ4v) is 9.87. The van der Waals surface area contributed by atoms with Crippen LogP contribution >= 0.6 is 0 Å². The zero-order valence-electron chi connectivity index (χ0n) is 22.0. The van der Waals surface area contributed by atoms with Crippen molar-refractivity contribution in [2.45, 2.75) is 77.3 Å². The van der Waals surface area contributed by atoms with Crippen LogP contribution in [0, 0.1) is 45.8 Å². The van der Waals surface area contributed by atoms with Gasteiger partial charge in [0.1, 0.15) is 0 Å². The second-order valence-electron chi connectivity index (χ2n) is 12.9. The third kappa shape index (κ3) is 3.30. The molecule has 4 nitrogen and oxygen atoms in total. The van der Waals surface area contributed by atoms with E-state index in [-0.39, 0.29) is 11.9 Å². The second kappa shape index (κ2) is 8.20. The Bertz CT molecular complexity index is 1100. The summed E-state index contributed by atoms with van der Waals surface area (Å²) in [6.07, 6.45) is 12.9. The molecule has 0 N–H and O–H groups in total. The molecule has 4 heteroatoms. The van der Waals surface area contributed by atoms with Gasteiger partial charge in [-0.15, -0.1) is 0 Å². The summed E-state index contributed by atoms with van der Waals surface area (Å²) in [6, 6.07) is 10.3. The van der Waals surface area contributed by atoms with Crippen molar-refractivity contribution in [2.24, 2.45) is 34.5 Å². The first-order valence-corrected chi connectivity index (χ1v) is 14.0. The van der Waals surface area contributed by atoms with Crippen LogP contribution in [0.4, 0.5) is 0 Å². The molecule has 8 atom stereocenters. The van der Waals surface area contributed by atoms with E-state index in [0.717, 1.165) is 42.6 Å². The lowest BCUT2D eigenvalue weighted by atomic mass is 9.47. The van der Waals surface area contributed by atoms with Gasteiger partial charge in [0, 0.05) is 31.2 Å². The lowest BCUT2D eigenvalue weighted by Gasteiger charge is -2.58. The largest absolute Gasteiger partial charge is 0.338 e. The molecule has 1 spiro atoms. The van der Waals surface area contributed by atoms with E-state index in [2.05, 4.69) is 37.9 Å². The van der Waals surface area contributed by atoms with Gasteiger partial charge in [-0.05, 0) is 118 Å². The van der Waals surface area contributed by atoms with Crippen LogP contribution in [0.25, 0.3) is 0 Å². The van der Waals surface area contributed by atoms with Gasteiger partial charge >= 0.3 is 0 Å². The minimum atomic E-state index is 0.0427. The number of nitriles is 1. The van der Waals surface area contributed by atoms with E-state index >= 15 is 0 Å². The van der Waals surface area contributed by atoms with Gasteiger partial charge in [-0.3, -0.25) is 4.79 Å². The van der Waals surface area contributed by atoms with Gasteiger partial charge in [0.15, 0.2) is 0 Å². The highest BCUT2D eigenvalue weighted by molar-refractivity contribution is 5.94. The first-order chi connectivity index (χ1) is 16.8. The Morgan fingerprint density at radius 1 is 1.14 bits per heavy atom. The minimum absolute atomic E-state index is 0.0427. The lowest BCUT2D eigenvalue weighted by Crippen LogP contribution is -2.53. The fourth-order valence-electron chi connectivity index (χ4n) is 9.87. The molecule has 0 aromatic heterocycles. The third-order valence-electron chi connectivity index (χ3n) is 11.8. The van der Waals surface area contributed by atoms with Gasteiger partial charge in [0.05, 0.1) is 11.6 Å². The van der Waals surface area contributed by atoms with E-state index in [9.17, 15) is 10.1 Å². The number of rotatable bonds is 2. The molecular weight excluding hydrogens is 430 g/mol. The number of fused-ring (bicyclic) bond motifs is 4. The van der Waals surface area contributed by atoms with E-state index in [0.29, 0.717) is 22.0 Å². The number of benzene rings is 1. The van der Waals surface area contributed by atoms with Crippen molar-refractivity contribution in [3.8, 4) is 6.07 Å². The Balaban J connectivity index is 1.21. The quantitative estimate of drug-likeness (QED) is 0.505. The van der Waals surface area contributed by atoms with Crippen molar-refractivity contribution in [3.63, 3.8) is 0 Å². The summed E-state index contributed by atoms with van der Waals surface area (Å²) in [5, 5.41) is 9.23. The summed E-state index contributed by atoms with van der Waals surface area (Å²) in [5.41, 5.74) is 3.69. The maximum Gasteiger partial charge on any atom is 0.253 e. The number of hydrogen-bond donors (Lipinski definition) is 0. The molecule has 1 heterocycles. The predicted molar refractivity (Wildman–Crippen MR) is 139 cm³/mol. The predicted octanol–water partition coefficient (Wildman–Crippen LogP) is 5.89. The molecule has 1 amide bonds. The molecule has 35 heavy (non-hydrogen) atoms. The molecular formula is C31H41N3O. The standard InChI is InChI=1S/C31H41N3O/c1-20-26-10-11-28-25-9-8-23-17-24(34(4)29(35)22-7-5-6-21(16-22)18-32)12-14-30(23,2)27(25)13-15-31(26,28)19-33(20)3/h5-8,16,20,24-28H,9-15,17,19H2,1-4H3/t20-,24-,25+,26+,27?,28-,30-,31-/m0/s1. The molecule has 1 aliphatic heterocycles. The van der Waals surface area contributed by atoms with Gasteiger partial charge in [-0.1, -0.05) is 24.6 Å². The summed E-state index contributed by atoms with van der Waals surface area (Å²) in [4.78, 5) is 17.9. The molecule has 1 unspecified atom stereocenters. The van der Waals surface area contributed by atoms with E-state index in [1.54, 1.807) is 17.7 Å². The lowest BCUT2D eigenvalue weighted by molar-refractivity contribution is -0.0430. The summed E-state index contributed by atoms with van der Waals surface area (Å²) in [7, 11) is 4.32. The SMILES string of the molecule is C[C@H]1[C@H]2CC[C@H]3[C@@H]4CC=C5C[C@@H](N(C)C(=O)c6cccc(C#N)c6)CC[C@]5(C)C4CC[C@]23CN1C. The second-order valence-corrected chi connectivity index (χ2v) is 12.9. The average Bonchev–Trinajstić information content (AvgIpc) is 3.36. The van der Waals surface area contributed by atoms with Crippen molar-refractivity contribution >= 4 is 5.91 Å². The zero-order chi connectivity index (χ0) is 24.5. The molecule has 5 aliphatic rings. The molecule has 3 saturated carbocycles. The maximum absolute atomic E-state index is 13.3. The molecule has 4 aliphatic carbocycles. The Labute approximate surface area is 211 Å². The highest BCUT2D eigenvalue weighted by Crippen LogP contribution is 2.68. The Hall–Kier alpha value is -2.12. The summed E-state index contributed by atoms with van der Waals surface area (Å²) in [5.74, 6) is 3.52. The maximum atomic E-state index is 13.3. The first kappa shape index (κ1) is 23.3. The van der Waals surface area contributed by atoms with Gasteiger partial charge in [-0.25, -0.2) is 0 Å². The van der Waals surface area contributed by atoms with Gasteiger partial charge in [0.25, 0.3) is 5.91 Å².